The summed E-state index contributed by atoms with van der Waals surface area (Å²) < 4.78 is 28.8. The van der Waals surface area contributed by atoms with Crippen LogP contribution in [0, 0.1) is 36.3 Å². The molecule has 1 aromatic carbocycles. The molecule has 2 saturated carbocycles. The SMILES string of the molecule is Cc1cnn(Cc2cc(F)ccc2F)c1NC(=O)CC1CC2CCC1C2. The molecule has 2 fully saturated rings. The standard InChI is InChI=1S/C20H23F2N3O/c1-12-10-23-25(11-16-8-17(21)4-5-18(16)22)20(12)24-19(26)9-15-7-13-2-3-14(15)6-13/h4-5,8,10,13-15H,2-3,6-7,9,11H2,1H3,(H,24,26). The third-order valence-electron chi connectivity index (χ3n) is 5.94. The first-order valence-corrected chi connectivity index (χ1v) is 9.26. The van der Waals surface area contributed by atoms with Crippen molar-refractivity contribution in [2.75, 3.05) is 5.32 Å². The van der Waals surface area contributed by atoms with Crippen molar-refractivity contribution in [2.24, 2.45) is 17.8 Å². The molecule has 0 radical (unpaired) electrons. The lowest BCUT2D eigenvalue weighted by molar-refractivity contribution is -0.117. The Morgan fingerprint density at radius 3 is 2.88 bits per heavy atom. The number of rotatable bonds is 5. The highest BCUT2D eigenvalue weighted by Crippen LogP contribution is 2.49. The maximum absolute atomic E-state index is 13.9. The quantitative estimate of drug-likeness (QED) is 0.866. The van der Waals surface area contributed by atoms with Gasteiger partial charge in [-0.15, -0.1) is 0 Å². The third kappa shape index (κ3) is 3.37. The molecule has 26 heavy (non-hydrogen) atoms. The van der Waals surface area contributed by atoms with Crippen molar-refractivity contribution in [3.05, 3.63) is 47.2 Å². The minimum atomic E-state index is -0.493. The maximum atomic E-state index is 13.9. The van der Waals surface area contributed by atoms with E-state index in [1.165, 1.54) is 23.9 Å². The molecule has 4 nitrogen and oxygen atoms in total. The van der Waals surface area contributed by atoms with Gasteiger partial charge in [0.1, 0.15) is 17.5 Å². The predicted octanol–water partition coefficient (Wildman–Crippen LogP) is 4.28. The summed E-state index contributed by atoms with van der Waals surface area (Å²) in [7, 11) is 0. The van der Waals surface area contributed by atoms with Crippen LogP contribution in [0.4, 0.5) is 14.6 Å². The Morgan fingerprint density at radius 2 is 2.15 bits per heavy atom. The van der Waals surface area contributed by atoms with Gasteiger partial charge in [-0.3, -0.25) is 4.79 Å². The number of nitrogens with one attached hydrogen (secondary N) is 1. The normalized spacial score (nSPS) is 24.2. The Morgan fingerprint density at radius 1 is 1.31 bits per heavy atom. The number of nitrogens with zero attached hydrogens (tertiary/aromatic N) is 2. The Labute approximate surface area is 151 Å². The van der Waals surface area contributed by atoms with Crippen LogP contribution < -0.4 is 5.32 Å². The van der Waals surface area contributed by atoms with Crippen molar-refractivity contribution >= 4 is 11.7 Å². The van der Waals surface area contributed by atoms with Crippen LogP contribution in [0.1, 0.15) is 43.2 Å². The molecular formula is C20H23F2N3O. The number of hydrogen-bond donors (Lipinski definition) is 1. The van der Waals surface area contributed by atoms with E-state index in [0.717, 1.165) is 36.1 Å². The molecule has 1 amide bonds. The van der Waals surface area contributed by atoms with Gasteiger partial charge >= 0.3 is 0 Å². The van der Waals surface area contributed by atoms with E-state index >= 15 is 0 Å². The van der Waals surface area contributed by atoms with E-state index in [2.05, 4.69) is 10.4 Å². The summed E-state index contributed by atoms with van der Waals surface area (Å²) in [5.41, 5.74) is 1.01. The van der Waals surface area contributed by atoms with Crippen molar-refractivity contribution in [3.8, 4) is 0 Å². The summed E-state index contributed by atoms with van der Waals surface area (Å²) in [4.78, 5) is 12.5. The molecule has 1 aromatic heterocycles. The van der Waals surface area contributed by atoms with Gasteiger partial charge in [-0.05, 0) is 62.1 Å². The number of fused-ring (bicyclic) bond motifs is 2. The van der Waals surface area contributed by atoms with E-state index in [0.29, 0.717) is 24.1 Å². The second kappa shape index (κ2) is 6.82. The first-order chi connectivity index (χ1) is 12.5. The molecule has 138 valence electrons. The second-order valence-corrected chi connectivity index (χ2v) is 7.76. The lowest BCUT2D eigenvalue weighted by Gasteiger charge is -2.21. The van der Waals surface area contributed by atoms with E-state index in [4.69, 9.17) is 0 Å². The number of benzene rings is 1. The zero-order chi connectivity index (χ0) is 18.3. The fourth-order valence-corrected chi connectivity index (χ4v) is 4.64. The lowest BCUT2D eigenvalue weighted by Crippen LogP contribution is -2.22. The predicted molar refractivity (Wildman–Crippen MR) is 94.6 cm³/mol. The molecule has 0 spiro atoms. The summed E-state index contributed by atoms with van der Waals surface area (Å²) in [6.07, 6.45) is 7.15. The van der Waals surface area contributed by atoms with Gasteiger partial charge in [0.25, 0.3) is 0 Å². The Balaban J connectivity index is 1.46. The van der Waals surface area contributed by atoms with Crippen LogP contribution in [0.15, 0.2) is 24.4 Å². The van der Waals surface area contributed by atoms with Crippen LogP contribution in [0.5, 0.6) is 0 Å². The van der Waals surface area contributed by atoms with Crippen LogP contribution in [0.3, 0.4) is 0 Å². The molecule has 1 N–H and O–H groups in total. The summed E-state index contributed by atoms with van der Waals surface area (Å²) in [6.45, 7) is 1.92. The van der Waals surface area contributed by atoms with Gasteiger partial charge in [-0.1, -0.05) is 6.42 Å². The molecule has 3 unspecified atom stereocenters. The number of amides is 1. The highest BCUT2D eigenvalue weighted by Gasteiger charge is 2.40. The van der Waals surface area contributed by atoms with E-state index < -0.39 is 11.6 Å². The fraction of sp³-hybridized carbons (Fsp3) is 0.500. The number of carbonyl (C=O) groups is 1. The lowest BCUT2D eigenvalue weighted by atomic mass is 9.86. The second-order valence-electron chi connectivity index (χ2n) is 7.76. The van der Waals surface area contributed by atoms with Crippen molar-refractivity contribution in [2.45, 2.75) is 45.6 Å². The molecular weight excluding hydrogens is 336 g/mol. The molecule has 1 heterocycles. The minimum absolute atomic E-state index is 0.0212. The Kier molecular flexibility index (Phi) is 4.51. The summed E-state index contributed by atoms with van der Waals surface area (Å²) in [6, 6.07) is 3.35. The van der Waals surface area contributed by atoms with Gasteiger partial charge < -0.3 is 5.32 Å². The molecule has 3 atom stereocenters. The maximum Gasteiger partial charge on any atom is 0.225 e. The summed E-state index contributed by atoms with van der Waals surface area (Å²) in [5, 5.41) is 7.16. The van der Waals surface area contributed by atoms with Crippen molar-refractivity contribution in [3.63, 3.8) is 0 Å². The zero-order valence-corrected chi connectivity index (χ0v) is 14.8. The number of anilines is 1. The molecule has 2 aliphatic rings. The highest BCUT2D eigenvalue weighted by molar-refractivity contribution is 5.90. The minimum Gasteiger partial charge on any atom is -0.311 e. The average molecular weight is 359 g/mol. The highest BCUT2D eigenvalue weighted by atomic mass is 19.1. The van der Waals surface area contributed by atoms with E-state index in [9.17, 15) is 13.6 Å². The topological polar surface area (TPSA) is 46.9 Å². The molecule has 6 heteroatoms. The van der Waals surface area contributed by atoms with Crippen molar-refractivity contribution in [1.29, 1.82) is 0 Å². The largest absolute Gasteiger partial charge is 0.311 e. The van der Waals surface area contributed by atoms with E-state index in [1.807, 2.05) is 6.92 Å². The Hall–Kier alpha value is -2.24. The molecule has 0 aliphatic heterocycles. The zero-order valence-electron chi connectivity index (χ0n) is 14.8. The van der Waals surface area contributed by atoms with Crippen LogP contribution in [-0.4, -0.2) is 15.7 Å². The molecule has 2 aromatic rings. The molecule has 0 saturated heterocycles. The first kappa shape index (κ1) is 17.2. The van der Waals surface area contributed by atoms with Crippen molar-refractivity contribution in [1.82, 2.24) is 9.78 Å². The average Bonchev–Trinajstić information content (AvgIpc) is 3.30. The van der Waals surface area contributed by atoms with Gasteiger partial charge in [0.2, 0.25) is 5.91 Å². The number of halogens is 2. The summed E-state index contributed by atoms with van der Waals surface area (Å²) >= 11 is 0. The Bertz CT molecular complexity index is 832. The van der Waals surface area contributed by atoms with Gasteiger partial charge in [0.15, 0.2) is 0 Å². The number of carbonyl (C=O) groups excluding carboxylic acids is 1. The van der Waals surface area contributed by atoms with Gasteiger partial charge in [0, 0.05) is 17.5 Å². The van der Waals surface area contributed by atoms with Gasteiger partial charge in [0.05, 0.1) is 12.7 Å². The number of aromatic nitrogens is 2. The smallest absolute Gasteiger partial charge is 0.225 e. The number of hydrogen-bond acceptors (Lipinski definition) is 2. The van der Waals surface area contributed by atoms with Gasteiger partial charge in [-0.2, -0.15) is 5.10 Å². The number of aryl methyl sites for hydroxylation is 1. The molecule has 4 rings (SSSR count). The molecule has 2 bridgehead atoms. The monoisotopic (exact) mass is 359 g/mol. The van der Waals surface area contributed by atoms with E-state index in [-0.39, 0.29) is 18.0 Å². The van der Waals surface area contributed by atoms with Gasteiger partial charge in [-0.25, -0.2) is 13.5 Å². The van der Waals surface area contributed by atoms with Crippen LogP contribution in [0.2, 0.25) is 0 Å². The van der Waals surface area contributed by atoms with Crippen LogP contribution >= 0.6 is 0 Å². The van der Waals surface area contributed by atoms with Crippen molar-refractivity contribution < 1.29 is 13.6 Å². The third-order valence-corrected chi connectivity index (χ3v) is 5.94. The summed E-state index contributed by atoms with van der Waals surface area (Å²) in [5.74, 6) is 1.53. The molecule has 2 aliphatic carbocycles. The van der Waals surface area contributed by atoms with E-state index in [1.54, 1.807) is 6.20 Å². The van der Waals surface area contributed by atoms with Crippen LogP contribution in [0.25, 0.3) is 0 Å². The first-order valence-electron chi connectivity index (χ1n) is 9.26. The fourth-order valence-electron chi connectivity index (χ4n) is 4.64. The van der Waals surface area contributed by atoms with Crippen LogP contribution in [-0.2, 0) is 11.3 Å².